The van der Waals surface area contributed by atoms with Gasteiger partial charge in [0.2, 0.25) is 5.91 Å². The molecule has 144 valence electrons. The van der Waals surface area contributed by atoms with Crippen LogP contribution < -0.4 is 10.5 Å². The first-order valence-electron chi connectivity index (χ1n) is 8.44. The van der Waals surface area contributed by atoms with Gasteiger partial charge in [0.15, 0.2) is 0 Å². The molecule has 0 radical (unpaired) electrons. The fraction of sp³-hybridized carbons (Fsp3) is 0.474. The Kier molecular flexibility index (Phi) is 7.56. The van der Waals surface area contributed by atoms with Gasteiger partial charge >= 0.3 is 6.03 Å². The average molecular weight is 380 g/mol. The van der Waals surface area contributed by atoms with Gasteiger partial charge in [-0.15, -0.1) is 12.6 Å². The monoisotopic (exact) mass is 379 g/mol. The first-order valence-corrected chi connectivity index (χ1v) is 8.89. The molecule has 0 aliphatic carbocycles. The van der Waals surface area contributed by atoms with E-state index < -0.39 is 11.4 Å². The molecule has 0 bridgehead atoms. The van der Waals surface area contributed by atoms with Gasteiger partial charge < -0.3 is 15.4 Å². The van der Waals surface area contributed by atoms with Crippen LogP contribution in [0.25, 0.3) is 0 Å². The van der Waals surface area contributed by atoms with Crippen molar-refractivity contribution >= 4 is 24.6 Å². The minimum Gasteiger partial charge on any atom is -0.496 e. The van der Waals surface area contributed by atoms with Gasteiger partial charge in [-0.25, -0.2) is 4.79 Å². The summed E-state index contributed by atoms with van der Waals surface area (Å²) in [4.78, 5) is 27.9. The molecule has 1 rings (SSSR count). The summed E-state index contributed by atoms with van der Waals surface area (Å²) in [6.07, 6.45) is 0.554. The molecule has 6 nitrogen and oxygen atoms in total. The second-order valence-corrected chi connectivity index (χ2v) is 7.32. The Hall–Kier alpha value is -2.15. The molecule has 7 heteroatoms. The number of benzene rings is 1. The number of nitrogens with zero attached hydrogens (tertiary/aromatic N) is 2. The Bertz CT molecular complexity index is 674. The fourth-order valence-electron chi connectivity index (χ4n) is 2.83. The summed E-state index contributed by atoms with van der Waals surface area (Å²) in [5.41, 5.74) is 5.34. The van der Waals surface area contributed by atoms with Crippen molar-refractivity contribution in [2.45, 2.75) is 45.7 Å². The Morgan fingerprint density at radius 2 is 1.88 bits per heavy atom. The van der Waals surface area contributed by atoms with Crippen LogP contribution in [0.5, 0.6) is 5.75 Å². The van der Waals surface area contributed by atoms with E-state index in [1.165, 1.54) is 9.80 Å². The number of urea groups is 1. The molecule has 1 aromatic carbocycles. The summed E-state index contributed by atoms with van der Waals surface area (Å²) in [6, 6.07) is 7.02. The lowest BCUT2D eigenvalue weighted by atomic mass is 10.0. The maximum atomic E-state index is 13.2. The number of methoxy groups -OCH3 is 1. The summed E-state index contributed by atoms with van der Waals surface area (Å²) >= 11 is 4.27. The second kappa shape index (κ2) is 8.98. The lowest BCUT2D eigenvalue weighted by Gasteiger charge is -2.42. The van der Waals surface area contributed by atoms with E-state index in [2.05, 4.69) is 19.2 Å². The number of ether oxygens (including phenoxy) is 1. The maximum absolute atomic E-state index is 13.2. The van der Waals surface area contributed by atoms with E-state index in [9.17, 15) is 9.59 Å². The van der Waals surface area contributed by atoms with Crippen molar-refractivity contribution in [2.75, 3.05) is 13.7 Å². The van der Waals surface area contributed by atoms with Crippen molar-refractivity contribution in [1.82, 2.24) is 9.80 Å². The molecule has 0 unspecified atom stereocenters. The molecule has 0 fully saturated rings. The van der Waals surface area contributed by atoms with Gasteiger partial charge in [-0.2, -0.15) is 0 Å². The highest BCUT2D eigenvalue weighted by Crippen LogP contribution is 2.24. The summed E-state index contributed by atoms with van der Waals surface area (Å²) < 4.78 is 5.35. The van der Waals surface area contributed by atoms with Crippen molar-refractivity contribution in [3.63, 3.8) is 0 Å². The molecule has 3 amide bonds. The molecule has 26 heavy (non-hydrogen) atoms. The van der Waals surface area contributed by atoms with Crippen molar-refractivity contribution in [2.24, 2.45) is 5.73 Å². The second-order valence-electron chi connectivity index (χ2n) is 6.80. The van der Waals surface area contributed by atoms with Crippen LogP contribution >= 0.6 is 12.6 Å². The number of hydrogen-bond donors (Lipinski definition) is 2. The van der Waals surface area contributed by atoms with Gasteiger partial charge in [0, 0.05) is 12.6 Å². The quantitative estimate of drug-likeness (QED) is 0.682. The van der Waals surface area contributed by atoms with Crippen LogP contribution in [0.1, 0.15) is 33.3 Å². The maximum Gasteiger partial charge on any atom is 0.325 e. The van der Waals surface area contributed by atoms with E-state index in [0.29, 0.717) is 18.0 Å². The molecule has 0 atom stereocenters. The SMILES string of the molecule is C=C(S)N(CCc1ccccc1OC)C(=O)N(C(C)C)C(C)(C)C(N)=O. The molecule has 1 aromatic rings. The topological polar surface area (TPSA) is 75.9 Å². The predicted octanol–water partition coefficient (Wildman–Crippen LogP) is 3.04. The molecule has 2 N–H and O–H groups in total. The Morgan fingerprint density at radius 3 is 2.35 bits per heavy atom. The number of primary amides is 1. The number of amides is 3. The highest BCUT2D eigenvalue weighted by Gasteiger charge is 2.40. The lowest BCUT2D eigenvalue weighted by Crippen LogP contribution is -2.61. The zero-order valence-electron chi connectivity index (χ0n) is 16.2. The molecule has 0 aliphatic heterocycles. The fourth-order valence-corrected chi connectivity index (χ4v) is 3.02. The molecular weight excluding hydrogens is 350 g/mol. The first-order chi connectivity index (χ1) is 12.0. The summed E-state index contributed by atoms with van der Waals surface area (Å²) in [6.45, 7) is 11.1. The van der Waals surface area contributed by atoms with Crippen LogP contribution in [0.3, 0.4) is 0 Å². The number of rotatable bonds is 8. The van der Waals surface area contributed by atoms with Gasteiger partial charge in [0.1, 0.15) is 11.3 Å². The van der Waals surface area contributed by atoms with Crippen molar-refractivity contribution < 1.29 is 14.3 Å². The third kappa shape index (κ3) is 4.94. The van der Waals surface area contributed by atoms with Gasteiger partial charge in [-0.3, -0.25) is 9.69 Å². The van der Waals surface area contributed by atoms with Crippen LogP contribution in [-0.2, 0) is 11.2 Å². The third-order valence-electron chi connectivity index (χ3n) is 4.27. The molecular formula is C19H29N3O3S. The van der Waals surface area contributed by atoms with Crippen LogP contribution in [0.2, 0.25) is 0 Å². The number of carbonyl (C=O) groups excluding carboxylic acids is 2. The Morgan fingerprint density at radius 1 is 1.31 bits per heavy atom. The average Bonchev–Trinajstić information content (AvgIpc) is 2.54. The Balaban J connectivity index is 3.09. The molecule has 0 saturated heterocycles. The minimum absolute atomic E-state index is 0.230. The zero-order valence-corrected chi connectivity index (χ0v) is 17.0. The standard InChI is InChI=1S/C19H29N3O3S/c1-13(2)22(19(4,5)17(20)23)18(24)21(14(3)26)12-11-15-9-7-8-10-16(15)25-6/h7-10,13,26H,3,11-12H2,1-2,4-6H3,(H2,20,23). The number of nitrogens with two attached hydrogens (primary N) is 1. The summed E-state index contributed by atoms with van der Waals surface area (Å²) in [5, 5.41) is 0.302. The molecule has 0 aromatic heterocycles. The van der Waals surface area contributed by atoms with E-state index in [1.807, 2.05) is 38.1 Å². The molecule has 0 heterocycles. The number of thiol groups is 1. The van der Waals surface area contributed by atoms with Gasteiger partial charge in [-0.1, -0.05) is 24.8 Å². The van der Waals surface area contributed by atoms with E-state index in [0.717, 1.165) is 11.3 Å². The molecule has 0 spiro atoms. The van der Waals surface area contributed by atoms with Crippen molar-refractivity contribution in [3.8, 4) is 5.75 Å². The van der Waals surface area contributed by atoms with Crippen LogP contribution in [0.4, 0.5) is 4.79 Å². The van der Waals surface area contributed by atoms with Gasteiger partial charge in [-0.05, 0) is 45.7 Å². The highest BCUT2D eigenvalue weighted by molar-refractivity contribution is 7.84. The molecule has 0 aliphatic rings. The first kappa shape index (κ1) is 21.9. The highest BCUT2D eigenvalue weighted by atomic mass is 32.1. The van der Waals surface area contributed by atoms with E-state index in [4.69, 9.17) is 10.5 Å². The minimum atomic E-state index is -1.14. The van der Waals surface area contributed by atoms with Crippen molar-refractivity contribution in [3.05, 3.63) is 41.4 Å². The largest absolute Gasteiger partial charge is 0.496 e. The Labute approximate surface area is 161 Å². The van der Waals surface area contributed by atoms with Crippen LogP contribution in [0, 0.1) is 0 Å². The van der Waals surface area contributed by atoms with Crippen molar-refractivity contribution in [1.29, 1.82) is 0 Å². The zero-order chi connectivity index (χ0) is 20.1. The van der Waals surface area contributed by atoms with Crippen LogP contribution in [-0.4, -0.2) is 47.0 Å². The number of hydrogen-bond acceptors (Lipinski definition) is 4. The summed E-state index contributed by atoms with van der Waals surface area (Å²) in [7, 11) is 1.61. The normalized spacial score (nSPS) is 11.2. The van der Waals surface area contributed by atoms with Crippen LogP contribution in [0.15, 0.2) is 35.9 Å². The molecule has 0 saturated carbocycles. The predicted molar refractivity (Wildman–Crippen MR) is 107 cm³/mol. The number of para-hydroxylation sites is 1. The van der Waals surface area contributed by atoms with E-state index >= 15 is 0 Å². The number of carbonyl (C=O) groups is 2. The third-order valence-corrected chi connectivity index (χ3v) is 4.51. The lowest BCUT2D eigenvalue weighted by molar-refractivity contribution is -0.127. The van der Waals surface area contributed by atoms with Gasteiger partial charge in [0.25, 0.3) is 0 Å². The van der Waals surface area contributed by atoms with E-state index in [1.54, 1.807) is 21.0 Å². The van der Waals surface area contributed by atoms with E-state index in [-0.39, 0.29) is 12.1 Å². The van der Waals surface area contributed by atoms with Gasteiger partial charge in [0.05, 0.1) is 12.1 Å². The summed E-state index contributed by atoms with van der Waals surface area (Å²) in [5.74, 6) is 0.178. The smallest absolute Gasteiger partial charge is 0.325 e.